The zero-order chi connectivity index (χ0) is 23.0. The van der Waals surface area contributed by atoms with Crippen molar-refractivity contribution >= 4 is 11.8 Å². The first-order valence-electron chi connectivity index (χ1n) is 11.8. The van der Waals surface area contributed by atoms with Crippen molar-refractivity contribution in [3.63, 3.8) is 0 Å². The number of benzene rings is 2. The Kier molecular flexibility index (Phi) is 7.61. The second-order valence-electron chi connectivity index (χ2n) is 8.91. The highest BCUT2D eigenvalue weighted by atomic mass is 16.3. The minimum atomic E-state index is -0.0678. The number of nitrogens with zero attached hydrogens (tertiary/aromatic N) is 2. The Morgan fingerprint density at radius 1 is 0.909 bits per heavy atom. The third kappa shape index (κ3) is 6.13. The van der Waals surface area contributed by atoms with E-state index in [1.807, 2.05) is 78.6 Å². The van der Waals surface area contributed by atoms with E-state index in [9.17, 15) is 9.59 Å². The summed E-state index contributed by atoms with van der Waals surface area (Å²) in [5.74, 6) is 0.604. The molecule has 1 heterocycles. The lowest BCUT2D eigenvalue weighted by atomic mass is 9.93. The monoisotopic (exact) mass is 444 g/mol. The fourth-order valence-electron chi connectivity index (χ4n) is 4.58. The molecule has 4 rings (SSSR count). The lowest BCUT2D eigenvalue weighted by molar-refractivity contribution is -0.134. The molecule has 0 bridgehead atoms. The van der Waals surface area contributed by atoms with Crippen molar-refractivity contribution in [1.29, 1.82) is 0 Å². The number of carbonyl (C=O) groups is 2. The fourth-order valence-corrected chi connectivity index (χ4v) is 4.58. The molecule has 0 saturated heterocycles. The average Bonchev–Trinajstić information content (AvgIpc) is 3.36. The SMILES string of the molecule is Cc1cccc(C(=O)N(CC(=O)N(Cc2ccccc2)Cc2ccco2)C2CCCCC2)c1. The summed E-state index contributed by atoms with van der Waals surface area (Å²) in [5.41, 5.74) is 2.74. The fraction of sp³-hybridized carbons (Fsp3) is 0.357. The zero-order valence-corrected chi connectivity index (χ0v) is 19.3. The highest BCUT2D eigenvalue weighted by Gasteiger charge is 2.30. The highest BCUT2D eigenvalue weighted by molar-refractivity contribution is 5.97. The van der Waals surface area contributed by atoms with Crippen LogP contribution < -0.4 is 0 Å². The molecule has 0 radical (unpaired) electrons. The van der Waals surface area contributed by atoms with Crippen molar-refractivity contribution in [3.05, 3.63) is 95.4 Å². The van der Waals surface area contributed by atoms with Crippen LogP contribution in [0.15, 0.2) is 77.4 Å². The van der Waals surface area contributed by atoms with E-state index in [-0.39, 0.29) is 24.4 Å². The zero-order valence-electron chi connectivity index (χ0n) is 19.3. The van der Waals surface area contributed by atoms with Crippen LogP contribution in [-0.4, -0.2) is 34.2 Å². The van der Waals surface area contributed by atoms with Gasteiger partial charge in [-0.1, -0.05) is 67.3 Å². The van der Waals surface area contributed by atoms with E-state index in [1.54, 1.807) is 11.2 Å². The number of hydrogen-bond acceptors (Lipinski definition) is 3. The first kappa shape index (κ1) is 22.8. The van der Waals surface area contributed by atoms with Crippen LogP contribution >= 0.6 is 0 Å². The molecule has 1 saturated carbocycles. The lowest BCUT2D eigenvalue weighted by Gasteiger charge is -2.35. The van der Waals surface area contributed by atoms with Crippen LogP contribution in [0.25, 0.3) is 0 Å². The molecular weight excluding hydrogens is 412 g/mol. The molecule has 0 N–H and O–H groups in total. The van der Waals surface area contributed by atoms with Crippen LogP contribution in [0, 0.1) is 6.92 Å². The van der Waals surface area contributed by atoms with Crippen LogP contribution in [0.2, 0.25) is 0 Å². The van der Waals surface area contributed by atoms with E-state index in [1.165, 1.54) is 6.42 Å². The van der Waals surface area contributed by atoms with Crippen molar-refractivity contribution in [2.75, 3.05) is 6.54 Å². The first-order chi connectivity index (χ1) is 16.1. The molecule has 5 nitrogen and oxygen atoms in total. The van der Waals surface area contributed by atoms with Crippen molar-refractivity contribution in [2.24, 2.45) is 0 Å². The average molecular weight is 445 g/mol. The number of amides is 2. The standard InChI is InChI=1S/C28H32N2O3/c1-22-10-8-13-24(18-22)28(32)30(25-14-6-3-7-15-25)21-27(31)29(20-26-16-9-17-33-26)19-23-11-4-2-5-12-23/h2,4-5,8-13,16-18,25H,3,6-7,14-15,19-21H2,1H3. The number of furan rings is 1. The summed E-state index contributed by atoms with van der Waals surface area (Å²) < 4.78 is 5.53. The minimum absolute atomic E-state index is 0.0587. The predicted molar refractivity (Wildman–Crippen MR) is 128 cm³/mol. The van der Waals surface area contributed by atoms with E-state index in [0.29, 0.717) is 18.7 Å². The molecule has 1 aromatic heterocycles. The third-order valence-corrected chi connectivity index (χ3v) is 6.34. The van der Waals surface area contributed by atoms with Gasteiger partial charge in [0, 0.05) is 18.2 Å². The van der Waals surface area contributed by atoms with Crippen molar-refractivity contribution < 1.29 is 14.0 Å². The van der Waals surface area contributed by atoms with Gasteiger partial charge >= 0.3 is 0 Å². The minimum Gasteiger partial charge on any atom is -0.467 e. The molecule has 0 atom stereocenters. The Labute approximate surface area is 196 Å². The topological polar surface area (TPSA) is 53.8 Å². The summed E-state index contributed by atoms with van der Waals surface area (Å²) >= 11 is 0. The van der Waals surface area contributed by atoms with Gasteiger partial charge in [0.25, 0.3) is 5.91 Å². The molecule has 1 fully saturated rings. The van der Waals surface area contributed by atoms with Gasteiger partial charge in [-0.15, -0.1) is 0 Å². The van der Waals surface area contributed by atoms with E-state index in [0.717, 1.165) is 42.6 Å². The van der Waals surface area contributed by atoms with Gasteiger partial charge in [0.05, 0.1) is 12.8 Å². The lowest BCUT2D eigenvalue weighted by Crippen LogP contribution is -2.48. The smallest absolute Gasteiger partial charge is 0.254 e. The molecule has 0 aliphatic heterocycles. The summed E-state index contributed by atoms with van der Waals surface area (Å²) in [5, 5.41) is 0. The van der Waals surface area contributed by atoms with Gasteiger partial charge in [-0.3, -0.25) is 9.59 Å². The molecule has 2 amide bonds. The van der Waals surface area contributed by atoms with Gasteiger partial charge < -0.3 is 14.2 Å². The van der Waals surface area contributed by atoms with Crippen LogP contribution in [0.3, 0.4) is 0 Å². The Hall–Kier alpha value is -3.34. The molecule has 2 aromatic carbocycles. The van der Waals surface area contributed by atoms with Crippen molar-refractivity contribution in [2.45, 2.75) is 58.2 Å². The summed E-state index contributed by atoms with van der Waals surface area (Å²) in [6, 6.07) is 21.4. The molecule has 0 unspecified atom stereocenters. The first-order valence-corrected chi connectivity index (χ1v) is 11.8. The van der Waals surface area contributed by atoms with Gasteiger partial charge in [-0.25, -0.2) is 0 Å². The normalized spacial score (nSPS) is 14.1. The van der Waals surface area contributed by atoms with Crippen molar-refractivity contribution in [3.8, 4) is 0 Å². The molecule has 3 aromatic rings. The summed E-state index contributed by atoms with van der Waals surface area (Å²) in [4.78, 5) is 30.8. The molecule has 1 aliphatic rings. The van der Waals surface area contributed by atoms with E-state index < -0.39 is 0 Å². The Bertz CT molecular complexity index is 1040. The summed E-state index contributed by atoms with van der Waals surface area (Å²) in [6.07, 6.45) is 6.89. The number of rotatable bonds is 8. The van der Waals surface area contributed by atoms with Crippen LogP contribution in [-0.2, 0) is 17.9 Å². The Morgan fingerprint density at radius 3 is 2.39 bits per heavy atom. The number of hydrogen-bond donors (Lipinski definition) is 0. The van der Waals surface area contributed by atoms with Gasteiger partial charge in [0.2, 0.25) is 5.91 Å². The van der Waals surface area contributed by atoms with Gasteiger partial charge in [0.1, 0.15) is 12.3 Å². The summed E-state index contributed by atoms with van der Waals surface area (Å²) in [6.45, 7) is 2.90. The van der Waals surface area contributed by atoms with Gasteiger partial charge in [0.15, 0.2) is 0 Å². The summed E-state index contributed by atoms with van der Waals surface area (Å²) in [7, 11) is 0. The van der Waals surface area contributed by atoms with Crippen LogP contribution in [0.4, 0.5) is 0 Å². The number of aryl methyl sites for hydroxylation is 1. The molecule has 0 spiro atoms. The molecular formula is C28H32N2O3. The highest BCUT2D eigenvalue weighted by Crippen LogP contribution is 2.25. The van der Waals surface area contributed by atoms with E-state index in [2.05, 4.69) is 0 Å². The van der Waals surface area contributed by atoms with Crippen LogP contribution in [0.5, 0.6) is 0 Å². The molecule has 1 aliphatic carbocycles. The quantitative estimate of drug-likeness (QED) is 0.455. The maximum atomic E-state index is 13.6. The maximum absolute atomic E-state index is 13.6. The van der Waals surface area contributed by atoms with Crippen LogP contribution in [0.1, 0.15) is 59.3 Å². The number of carbonyl (C=O) groups excluding carboxylic acids is 2. The molecule has 5 heteroatoms. The van der Waals surface area contributed by atoms with E-state index >= 15 is 0 Å². The van der Waals surface area contributed by atoms with Gasteiger partial charge in [-0.2, -0.15) is 0 Å². The largest absolute Gasteiger partial charge is 0.467 e. The maximum Gasteiger partial charge on any atom is 0.254 e. The van der Waals surface area contributed by atoms with Crippen molar-refractivity contribution in [1.82, 2.24) is 9.80 Å². The predicted octanol–water partition coefficient (Wildman–Crippen LogP) is 5.59. The van der Waals surface area contributed by atoms with E-state index in [4.69, 9.17) is 4.42 Å². The second-order valence-corrected chi connectivity index (χ2v) is 8.91. The molecule has 33 heavy (non-hydrogen) atoms. The third-order valence-electron chi connectivity index (χ3n) is 6.34. The Morgan fingerprint density at radius 2 is 1.70 bits per heavy atom. The van der Waals surface area contributed by atoms with Gasteiger partial charge in [-0.05, 0) is 49.6 Å². The molecule has 172 valence electrons. The Balaban J connectivity index is 1.57. The second kappa shape index (κ2) is 11.0.